The molecule has 1 spiro atoms. The molecule has 4 fully saturated rings. The average Bonchev–Trinajstić information content (AvgIpc) is 2.95. The molecular formula is C19H22O3. The zero-order valence-electron chi connectivity index (χ0n) is 12.8. The van der Waals surface area contributed by atoms with Gasteiger partial charge in [0.25, 0.3) is 0 Å². The van der Waals surface area contributed by atoms with Gasteiger partial charge in [-0.05, 0) is 60.8 Å². The van der Waals surface area contributed by atoms with Gasteiger partial charge in [-0.3, -0.25) is 4.79 Å². The minimum absolute atomic E-state index is 0.117. The van der Waals surface area contributed by atoms with Crippen molar-refractivity contribution in [2.75, 3.05) is 0 Å². The summed E-state index contributed by atoms with van der Waals surface area (Å²) in [5, 5.41) is 19.9. The Hall–Kier alpha value is -1.35. The Morgan fingerprint density at radius 2 is 1.91 bits per heavy atom. The summed E-state index contributed by atoms with van der Waals surface area (Å²) in [4.78, 5) is 11.6. The van der Waals surface area contributed by atoms with E-state index in [2.05, 4.69) is 31.2 Å². The number of carbonyl (C=O) groups is 1. The van der Waals surface area contributed by atoms with Gasteiger partial charge in [-0.1, -0.05) is 29.8 Å². The van der Waals surface area contributed by atoms with Crippen LogP contribution in [-0.4, -0.2) is 22.3 Å². The normalized spacial score (nSPS) is 50.2. The summed E-state index contributed by atoms with van der Waals surface area (Å²) in [6.45, 7) is 2.07. The predicted molar refractivity (Wildman–Crippen MR) is 81.4 cm³/mol. The fourth-order valence-electron chi connectivity index (χ4n) is 7.22. The lowest BCUT2D eigenvalue weighted by molar-refractivity contribution is -0.271. The summed E-state index contributed by atoms with van der Waals surface area (Å²) in [5.41, 5.74) is 2.55. The molecule has 7 atom stereocenters. The number of benzene rings is 1. The number of aliphatic hydroxyl groups is 1. The highest BCUT2D eigenvalue weighted by Gasteiger charge is 2.85. The lowest BCUT2D eigenvalue weighted by Crippen LogP contribution is -2.76. The summed E-state index contributed by atoms with van der Waals surface area (Å²) in [6.07, 6.45) is 3.32. The van der Waals surface area contributed by atoms with Crippen LogP contribution in [0.2, 0.25) is 0 Å². The number of fused-ring (bicyclic) bond motifs is 1. The van der Waals surface area contributed by atoms with E-state index in [-0.39, 0.29) is 23.4 Å². The highest BCUT2D eigenvalue weighted by atomic mass is 16.4. The standard InChI is InChI=1S/C19H22O3/c1-10-2-4-12(5-3-10)18(9-16(20)21)14-6-11-8-19(14)13(17(11)22)7-15(18)19/h2-5,11,13-15,17,22H,6-9H2,1H3,(H,20,21)/t11?,13?,14?,15?,17-,18?,19?/m0/s1. The highest BCUT2D eigenvalue weighted by molar-refractivity contribution is 5.71. The first-order chi connectivity index (χ1) is 10.5. The molecule has 116 valence electrons. The van der Waals surface area contributed by atoms with Crippen molar-refractivity contribution >= 4 is 5.97 Å². The molecule has 2 bridgehead atoms. The number of carboxylic acid groups (broad SMARTS) is 1. The molecule has 1 aromatic rings. The number of hydrogen-bond donors (Lipinski definition) is 2. The number of carboxylic acids is 1. The first kappa shape index (κ1) is 13.1. The highest BCUT2D eigenvalue weighted by Crippen LogP contribution is 2.87. The lowest BCUT2D eigenvalue weighted by atomic mass is 9.26. The molecule has 4 saturated carbocycles. The van der Waals surface area contributed by atoms with E-state index in [1.807, 2.05) is 0 Å². The van der Waals surface area contributed by atoms with E-state index in [1.165, 1.54) is 11.1 Å². The fourth-order valence-corrected chi connectivity index (χ4v) is 7.22. The third-order valence-electron chi connectivity index (χ3n) is 7.80. The van der Waals surface area contributed by atoms with Crippen molar-refractivity contribution in [2.24, 2.45) is 29.1 Å². The van der Waals surface area contributed by atoms with Gasteiger partial charge in [0.15, 0.2) is 0 Å². The molecule has 3 heteroatoms. The Bertz CT molecular complexity index is 666. The molecule has 0 radical (unpaired) electrons. The van der Waals surface area contributed by atoms with Crippen LogP contribution in [-0.2, 0) is 10.2 Å². The predicted octanol–water partition coefficient (Wildman–Crippen LogP) is 2.74. The Morgan fingerprint density at radius 3 is 2.55 bits per heavy atom. The van der Waals surface area contributed by atoms with E-state index in [0.29, 0.717) is 23.7 Å². The van der Waals surface area contributed by atoms with Gasteiger partial charge in [0.2, 0.25) is 0 Å². The first-order valence-electron chi connectivity index (χ1n) is 8.47. The van der Waals surface area contributed by atoms with E-state index in [4.69, 9.17) is 0 Å². The molecule has 5 rings (SSSR count). The van der Waals surface area contributed by atoms with Crippen LogP contribution >= 0.6 is 0 Å². The number of aryl methyl sites for hydroxylation is 1. The van der Waals surface area contributed by atoms with Crippen molar-refractivity contribution in [1.82, 2.24) is 0 Å². The second kappa shape index (κ2) is 3.76. The maximum atomic E-state index is 11.6. The minimum atomic E-state index is -0.679. The zero-order chi connectivity index (χ0) is 15.3. The van der Waals surface area contributed by atoms with Gasteiger partial charge in [-0.25, -0.2) is 0 Å². The first-order valence-corrected chi connectivity index (χ1v) is 8.47. The molecule has 0 amide bonds. The minimum Gasteiger partial charge on any atom is -0.481 e. The fraction of sp³-hybridized carbons (Fsp3) is 0.632. The van der Waals surface area contributed by atoms with Crippen molar-refractivity contribution in [3.05, 3.63) is 35.4 Å². The second-order valence-electron chi connectivity index (χ2n) is 8.23. The van der Waals surface area contributed by atoms with Crippen molar-refractivity contribution < 1.29 is 15.0 Å². The molecule has 22 heavy (non-hydrogen) atoms. The Morgan fingerprint density at radius 1 is 1.23 bits per heavy atom. The smallest absolute Gasteiger partial charge is 0.304 e. The maximum Gasteiger partial charge on any atom is 0.304 e. The van der Waals surface area contributed by atoms with Gasteiger partial charge in [-0.2, -0.15) is 0 Å². The van der Waals surface area contributed by atoms with E-state index in [1.54, 1.807) is 0 Å². The Kier molecular flexibility index (Phi) is 2.24. The third kappa shape index (κ3) is 1.16. The van der Waals surface area contributed by atoms with Crippen LogP contribution in [0.25, 0.3) is 0 Å². The van der Waals surface area contributed by atoms with Crippen LogP contribution in [0.1, 0.15) is 36.8 Å². The quantitative estimate of drug-likeness (QED) is 0.902. The second-order valence-corrected chi connectivity index (χ2v) is 8.23. The SMILES string of the molecule is Cc1ccc(C2(CC(=O)O)C3CC4CC35C(CC25)[C@H]4O)cc1. The Labute approximate surface area is 130 Å². The van der Waals surface area contributed by atoms with E-state index in [9.17, 15) is 15.0 Å². The number of aliphatic carboxylic acids is 1. The molecule has 3 nitrogen and oxygen atoms in total. The van der Waals surface area contributed by atoms with Crippen LogP contribution in [0, 0.1) is 36.0 Å². The van der Waals surface area contributed by atoms with Gasteiger partial charge in [0.05, 0.1) is 12.5 Å². The van der Waals surface area contributed by atoms with Crippen LogP contribution in [0.5, 0.6) is 0 Å². The lowest BCUT2D eigenvalue weighted by Gasteiger charge is -2.77. The maximum absolute atomic E-state index is 11.6. The van der Waals surface area contributed by atoms with Gasteiger partial charge in [-0.15, -0.1) is 0 Å². The molecule has 4 aliphatic rings. The van der Waals surface area contributed by atoms with Crippen LogP contribution < -0.4 is 0 Å². The van der Waals surface area contributed by atoms with E-state index in [0.717, 1.165) is 19.3 Å². The summed E-state index contributed by atoms with van der Waals surface area (Å²) < 4.78 is 0. The van der Waals surface area contributed by atoms with Gasteiger partial charge >= 0.3 is 5.97 Å². The van der Waals surface area contributed by atoms with E-state index >= 15 is 0 Å². The molecule has 2 N–H and O–H groups in total. The van der Waals surface area contributed by atoms with E-state index < -0.39 is 5.97 Å². The summed E-state index contributed by atoms with van der Waals surface area (Å²) in [5.74, 6) is 1.13. The molecule has 6 unspecified atom stereocenters. The molecule has 1 aromatic carbocycles. The topological polar surface area (TPSA) is 57.5 Å². The van der Waals surface area contributed by atoms with Crippen molar-refractivity contribution in [1.29, 1.82) is 0 Å². The summed E-state index contributed by atoms with van der Waals surface area (Å²) in [7, 11) is 0. The van der Waals surface area contributed by atoms with Gasteiger partial charge in [0.1, 0.15) is 0 Å². The zero-order valence-corrected chi connectivity index (χ0v) is 12.8. The number of aliphatic hydroxyl groups excluding tert-OH is 1. The Balaban J connectivity index is 1.61. The molecule has 0 aliphatic heterocycles. The summed E-state index contributed by atoms with van der Waals surface area (Å²) in [6, 6.07) is 8.53. The molecular weight excluding hydrogens is 276 g/mol. The third-order valence-corrected chi connectivity index (χ3v) is 7.80. The molecule has 0 aromatic heterocycles. The van der Waals surface area contributed by atoms with Gasteiger partial charge < -0.3 is 10.2 Å². The van der Waals surface area contributed by atoms with Gasteiger partial charge in [0, 0.05) is 5.41 Å². The molecule has 4 aliphatic carbocycles. The molecule has 0 saturated heterocycles. The summed E-state index contributed by atoms with van der Waals surface area (Å²) >= 11 is 0. The monoisotopic (exact) mass is 298 g/mol. The number of rotatable bonds is 3. The molecule has 0 heterocycles. The average molecular weight is 298 g/mol. The van der Waals surface area contributed by atoms with Crippen molar-refractivity contribution in [3.63, 3.8) is 0 Å². The largest absolute Gasteiger partial charge is 0.481 e. The van der Waals surface area contributed by atoms with Crippen LogP contribution in [0.3, 0.4) is 0 Å². The van der Waals surface area contributed by atoms with Crippen molar-refractivity contribution in [3.8, 4) is 0 Å². The number of hydrogen-bond acceptors (Lipinski definition) is 2. The van der Waals surface area contributed by atoms with Crippen molar-refractivity contribution in [2.45, 2.75) is 44.1 Å². The van der Waals surface area contributed by atoms with Crippen LogP contribution in [0.4, 0.5) is 0 Å². The van der Waals surface area contributed by atoms with Crippen LogP contribution in [0.15, 0.2) is 24.3 Å².